The minimum atomic E-state index is -0.237. The van der Waals surface area contributed by atoms with Gasteiger partial charge in [0.05, 0.1) is 0 Å². The van der Waals surface area contributed by atoms with Crippen LogP contribution in [0, 0.1) is 13.8 Å². The van der Waals surface area contributed by atoms with Gasteiger partial charge in [-0.25, -0.2) is 4.79 Å². The van der Waals surface area contributed by atoms with Gasteiger partial charge in [0.25, 0.3) is 0 Å². The van der Waals surface area contributed by atoms with Crippen LogP contribution < -0.4 is 15.4 Å². The highest BCUT2D eigenvalue weighted by Crippen LogP contribution is 2.22. The standard InChI is InChI=1S/C23H26N2O2/c1-17-8-9-21-20(14-22(26)27-23(21)18(17)2)16-25-12-10-24(11-13-25)15-19-6-4-3-5-7-19/h3-9,14H,10-13,15-16H2,1-2H3/p+2. The molecule has 1 aliphatic heterocycles. The van der Waals surface area contributed by atoms with E-state index in [-0.39, 0.29) is 5.63 Å². The highest BCUT2D eigenvalue weighted by molar-refractivity contribution is 5.83. The van der Waals surface area contributed by atoms with Crippen molar-refractivity contribution in [2.24, 2.45) is 0 Å². The normalized spacial score (nSPS) is 20.1. The van der Waals surface area contributed by atoms with E-state index < -0.39 is 0 Å². The lowest BCUT2D eigenvalue weighted by atomic mass is 10.0. The highest BCUT2D eigenvalue weighted by Gasteiger charge is 2.24. The summed E-state index contributed by atoms with van der Waals surface area (Å²) < 4.78 is 5.52. The molecule has 2 aromatic carbocycles. The topological polar surface area (TPSA) is 39.1 Å². The Kier molecular flexibility index (Phi) is 5.10. The number of quaternary nitrogens is 2. The van der Waals surface area contributed by atoms with Gasteiger partial charge >= 0.3 is 5.63 Å². The fraction of sp³-hybridized carbons (Fsp3) is 0.348. The Morgan fingerprint density at radius 1 is 0.889 bits per heavy atom. The minimum Gasteiger partial charge on any atom is -0.422 e. The first-order valence-corrected chi connectivity index (χ1v) is 9.84. The van der Waals surface area contributed by atoms with Gasteiger partial charge in [0.1, 0.15) is 44.9 Å². The molecule has 140 valence electrons. The summed E-state index contributed by atoms with van der Waals surface area (Å²) in [6, 6.07) is 16.7. The molecular weight excluding hydrogens is 336 g/mol. The summed E-state index contributed by atoms with van der Waals surface area (Å²) in [5.41, 5.74) is 5.27. The number of fused-ring (bicyclic) bond motifs is 1. The summed E-state index contributed by atoms with van der Waals surface area (Å²) in [4.78, 5) is 15.3. The van der Waals surface area contributed by atoms with E-state index >= 15 is 0 Å². The van der Waals surface area contributed by atoms with Crippen molar-refractivity contribution in [3.8, 4) is 0 Å². The molecule has 1 fully saturated rings. The van der Waals surface area contributed by atoms with Gasteiger partial charge < -0.3 is 14.2 Å². The third-order valence-corrected chi connectivity index (χ3v) is 5.92. The van der Waals surface area contributed by atoms with Crippen LogP contribution in [0.15, 0.2) is 57.7 Å². The van der Waals surface area contributed by atoms with E-state index in [4.69, 9.17) is 4.42 Å². The summed E-state index contributed by atoms with van der Waals surface area (Å²) in [5, 5.41) is 1.09. The smallest absolute Gasteiger partial charge is 0.336 e. The molecule has 0 radical (unpaired) electrons. The Labute approximate surface area is 160 Å². The monoisotopic (exact) mass is 364 g/mol. The second kappa shape index (κ2) is 7.67. The third-order valence-electron chi connectivity index (χ3n) is 5.92. The van der Waals surface area contributed by atoms with Crippen molar-refractivity contribution in [1.29, 1.82) is 0 Å². The summed E-state index contributed by atoms with van der Waals surface area (Å²) in [5.74, 6) is 0. The summed E-state index contributed by atoms with van der Waals surface area (Å²) in [7, 11) is 0. The van der Waals surface area contributed by atoms with Crippen LogP contribution in [-0.2, 0) is 13.1 Å². The number of hydrogen-bond acceptors (Lipinski definition) is 2. The number of piperazine rings is 1. The van der Waals surface area contributed by atoms with Gasteiger partial charge in [0, 0.05) is 22.6 Å². The molecule has 0 atom stereocenters. The summed E-state index contributed by atoms with van der Waals surface area (Å²) in [6.45, 7) is 10.7. The largest absolute Gasteiger partial charge is 0.422 e. The molecule has 0 aliphatic carbocycles. The van der Waals surface area contributed by atoms with E-state index in [0.717, 1.165) is 53.8 Å². The van der Waals surface area contributed by atoms with E-state index in [2.05, 4.69) is 49.4 Å². The number of rotatable bonds is 4. The van der Waals surface area contributed by atoms with Gasteiger partial charge in [-0.15, -0.1) is 0 Å². The molecule has 1 aromatic heterocycles. The van der Waals surface area contributed by atoms with Gasteiger partial charge in [0.15, 0.2) is 0 Å². The van der Waals surface area contributed by atoms with Crippen LogP contribution >= 0.6 is 0 Å². The van der Waals surface area contributed by atoms with Crippen LogP contribution in [0.3, 0.4) is 0 Å². The number of hydrogen-bond donors (Lipinski definition) is 2. The second-order valence-electron chi connectivity index (χ2n) is 7.81. The summed E-state index contributed by atoms with van der Waals surface area (Å²) >= 11 is 0. The lowest BCUT2D eigenvalue weighted by molar-refractivity contribution is -1.02. The first-order chi connectivity index (χ1) is 13.1. The molecular formula is C23H28N2O2+2. The molecule has 0 spiro atoms. The van der Waals surface area contributed by atoms with E-state index in [1.165, 1.54) is 18.7 Å². The van der Waals surface area contributed by atoms with Gasteiger partial charge in [-0.3, -0.25) is 0 Å². The molecule has 0 bridgehead atoms. The maximum Gasteiger partial charge on any atom is 0.336 e. The second-order valence-corrected chi connectivity index (χ2v) is 7.81. The SMILES string of the molecule is Cc1ccc2c(C[NH+]3CC[NH+](Cc4ccccc4)CC3)cc(=O)oc2c1C. The molecule has 4 heteroatoms. The minimum absolute atomic E-state index is 0.237. The molecule has 4 rings (SSSR count). The fourth-order valence-electron chi connectivity index (χ4n) is 4.14. The molecule has 4 nitrogen and oxygen atoms in total. The maximum atomic E-state index is 12.1. The number of aryl methyl sites for hydroxylation is 2. The van der Waals surface area contributed by atoms with Crippen LogP contribution in [0.1, 0.15) is 22.3 Å². The molecule has 0 saturated carbocycles. The van der Waals surface area contributed by atoms with Crippen molar-refractivity contribution < 1.29 is 14.2 Å². The van der Waals surface area contributed by atoms with Crippen molar-refractivity contribution in [3.63, 3.8) is 0 Å². The summed E-state index contributed by atoms with van der Waals surface area (Å²) in [6.07, 6.45) is 0. The predicted octanol–water partition coefficient (Wildman–Crippen LogP) is 0.893. The Bertz CT molecular complexity index is 986. The molecule has 1 aliphatic rings. The van der Waals surface area contributed by atoms with Crippen molar-refractivity contribution >= 4 is 11.0 Å². The quantitative estimate of drug-likeness (QED) is 0.675. The van der Waals surface area contributed by atoms with Crippen LogP contribution in [0.25, 0.3) is 11.0 Å². The molecule has 3 aromatic rings. The van der Waals surface area contributed by atoms with Crippen LogP contribution in [0.2, 0.25) is 0 Å². The van der Waals surface area contributed by atoms with Gasteiger partial charge in [-0.1, -0.05) is 42.5 Å². The lowest BCUT2D eigenvalue weighted by Gasteiger charge is -2.30. The Morgan fingerprint density at radius 3 is 2.26 bits per heavy atom. The average molecular weight is 364 g/mol. The Balaban J connectivity index is 1.46. The van der Waals surface area contributed by atoms with Crippen molar-refractivity contribution in [3.05, 3.63) is 81.2 Å². The number of benzene rings is 2. The molecule has 1 saturated heterocycles. The van der Waals surface area contributed by atoms with Crippen LogP contribution in [0.4, 0.5) is 0 Å². The van der Waals surface area contributed by atoms with E-state index in [0.29, 0.717) is 0 Å². The van der Waals surface area contributed by atoms with Crippen molar-refractivity contribution in [1.82, 2.24) is 0 Å². The first kappa shape index (κ1) is 18.0. The average Bonchev–Trinajstić information content (AvgIpc) is 2.67. The molecule has 27 heavy (non-hydrogen) atoms. The van der Waals surface area contributed by atoms with E-state index in [1.54, 1.807) is 15.9 Å². The van der Waals surface area contributed by atoms with Crippen molar-refractivity contribution in [2.45, 2.75) is 26.9 Å². The van der Waals surface area contributed by atoms with Gasteiger partial charge in [-0.2, -0.15) is 0 Å². The molecule has 0 amide bonds. The van der Waals surface area contributed by atoms with Gasteiger partial charge in [-0.05, 0) is 25.0 Å². The molecule has 0 unspecified atom stereocenters. The maximum absolute atomic E-state index is 12.1. The van der Waals surface area contributed by atoms with E-state index in [1.807, 2.05) is 6.92 Å². The highest BCUT2D eigenvalue weighted by atomic mass is 16.4. The molecule has 2 heterocycles. The Morgan fingerprint density at radius 2 is 1.56 bits per heavy atom. The van der Waals surface area contributed by atoms with Crippen molar-refractivity contribution in [2.75, 3.05) is 26.2 Å². The zero-order valence-electron chi connectivity index (χ0n) is 16.2. The Hall–Kier alpha value is -2.43. The predicted molar refractivity (Wildman–Crippen MR) is 107 cm³/mol. The lowest BCUT2D eigenvalue weighted by Crippen LogP contribution is -3.27. The first-order valence-electron chi connectivity index (χ1n) is 9.84. The third kappa shape index (κ3) is 3.97. The van der Waals surface area contributed by atoms with Gasteiger partial charge in [0.2, 0.25) is 0 Å². The van der Waals surface area contributed by atoms with E-state index in [9.17, 15) is 4.79 Å². The van der Waals surface area contributed by atoms with Crippen LogP contribution in [0.5, 0.6) is 0 Å². The molecule has 2 N–H and O–H groups in total. The number of nitrogens with one attached hydrogen (secondary N) is 2. The fourth-order valence-corrected chi connectivity index (χ4v) is 4.14. The van der Waals surface area contributed by atoms with Crippen LogP contribution in [-0.4, -0.2) is 26.2 Å². The zero-order chi connectivity index (χ0) is 18.8. The zero-order valence-corrected chi connectivity index (χ0v) is 16.2.